The predicted octanol–water partition coefficient (Wildman–Crippen LogP) is 1.50. The quantitative estimate of drug-likeness (QED) is 0.798. The molecule has 0 saturated carbocycles. The predicted molar refractivity (Wildman–Crippen MR) is 60.4 cm³/mol. The highest BCUT2D eigenvalue weighted by atomic mass is 19.1. The average Bonchev–Trinajstić information content (AvgIpc) is 2.19. The molecule has 0 bridgehead atoms. The van der Waals surface area contributed by atoms with Crippen LogP contribution >= 0.6 is 0 Å². The van der Waals surface area contributed by atoms with Crippen LogP contribution in [0.2, 0.25) is 0 Å². The van der Waals surface area contributed by atoms with Crippen LogP contribution in [0, 0.1) is 5.82 Å². The van der Waals surface area contributed by atoms with Gasteiger partial charge in [-0.05, 0) is 26.2 Å². The first-order valence-corrected chi connectivity index (χ1v) is 4.92. The third-order valence-corrected chi connectivity index (χ3v) is 2.10. The van der Waals surface area contributed by atoms with Gasteiger partial charge in [-0.25, -0.2) is 9.18 Å². The molecule has 88 valence electrons. The number of hydrogen-bond donors (Lipinski definition) is 2. The highest BCUT2D eigenvalue weighted by Gasteiger charge is 2.13. The molecule has 1 aromatic rings. The number of nitrogens with one attached hydrogen (secondary N) is 1. The largest absolute Gasteiger partial charge is 0.478 e. The molecule has 1 aromatic carbocycles. The fourth-order valence-electron chi connectivity index (χ4n) is 1.29. The van der Waals surface area contributed by atoms with Crippen LogP contribution in [0.15, 0.2) is 18.2 Å². The van der Waals surface area contributed by atoms with Gasteiger partial charge in [-0.15, -0.1) is 0 Å². The van der Waals surface area contributed by atoms with Crippen LogP contribution in [0.5, 0.6) is 0 Å². The summed E-state index contributed by atoms with van der Waals surface area (Å²) in [6.45, 7) is 1.20. The van der Waals surface area contributed by atoms with Crippen LogP contribution in [0.1, 0.15) is 10.4 Å². The Labute approximate surface area is 93.7 Å². The molecule has 0 aliphatic carbocycles. The Bertz CT molecular complexity index is 380. The summed E-state index contributed by atoms with van der Waals surface area (Å²) < 4.78 is 13.4. The third kappa shape index (κ3) is 3.20. The zero-order chi connectivity index (χ0) is 12.1. The van der Waals surface area contributed by atoms with Gasteiger partial charge in [-0.2, -0.15) is 0 Å². The summed E-state index contributed by atoms with van der Waals surface area (Å²) in [5.41, 5.74) is 0.00982. The van der Waals surface area contributed by atoms with Crippen molar-refractivity contribution in [2.24, 2.45) is 0 Å². The van der Waals surface area contributed by atoms with Gasteiger partial charge < -0.3 is 15.3 Å². The molecule has 0 amide bonds. The maximum Gasteiger partial charge on any atom is 0.337 e. The second-order valence-electron chi connectivity index (χ2n) is 3.70. The van der Waals surface area contributed by atoms with Crippen molar-refractivity contribution < 1.29 is 14.3 Å². The van der Waals surface area contributed by atoms with Crippen LogP contribution in [-0.4, -0.2) is 43.2 Å². The first-order valence-electron chi connectivity index (χ1n) is 4.92. The fourth-order valence-corrected chi connectivity index (χ4v) is 1.29. The van der Waals surface area contributed by atoms with Crippen molar-refractivity contribution in [2.45, 2.75) is 0 Å². The Hall–Kier alpha value is -1.62. The normalized spacial score (nSPS) is 10.5. The molecule has 0 aliphatic heterocycles. The molecule has 0 aromatic heterocycles. The molecule has 5 heteroatoms. The molecule has 2 N–H and O–H groups in total. The molecular formula is C11H15FN2O2. The molecule has 1 rings (SSSR count). The Morgan fingerprint density at radius 2 is 2.19 bits per heavy atom. The Kier molecular flexibility index (Phi) is 4.25. The molecular weight excluding hydrogens is 211 g/mol. The molecule has 4 nitrogen and oxygen atoms in total. The summed E-state index contributed by atoms with van der Waals surface area (Å²) in [5, 5.41) is 11.7. The van der Waals surface area contributed by atoms with Crippen molar-refractivity contribution in [3.05, 3.63) is 29.6 Å². The Balaban J connectivity index is 2.80. The van der Waals surface area contributed by atoms with Crippen molar-refractivity contribution in [3.8, 4) is 0 Å². The van der Waals surface area contributed by atoms with E-state index in [-0.39, 0.29) is 11.3 Å². The molecule has 0 fully saturated rings. The van der Waals surface area contributed by atoms with Crippen LogP contribution in [0.3, 0.4) is 0 Å². The van der Waals surface area contributed by atoms with Gasteiger partial charge >= 0.3 is 5.97 Å². The van der Waals surface area contributed by atoms with E-state index in [2.05, 4.69) is 5.32 Å². The number of benzene rings is 1. The average molecular weight is 226 g/mol. The summed E-state index contributed by atoms with van der Waals surface area (Å²) in [7, 11) is 3.78. The van der Waals surface area contributed by atoms with Gasteiger partial charge in [0, 0.05) is 13.1 Å². The topological polar surface area (TPSA) is 52.6 Å². The van der Waals surface area contributed by atoms with E-state index < -0.39 is 11.8 Å². The minimum Gasteiger partial charge on any atom is -0.478 e. The zero-order valence-electron chi connectivity index (χ0n) is 9.33. The first kappa shape index (κ1) is 12.4. The van der Waals surface area contributed by atoms with E-state index in [1.165, 1.54) is 18.2 Å². The molecule has 0 unspecified atom stereocenters. The number of carboxylic acids is 1. The third-order valence-electron chi connectivity index (χ3n) is 2.10. The number of likely N-dealkylation sites (N-methyl/N-ethyl adjacent to an activating group) is 1. The van der Waals surface area contributed by atoms with E-state index in [0.717, 1.165) is 0 Å². The number of rotatable bonds is 5. The summed E-state index contributed by atoms with van der Waals surface area (Å²) in [6.07, 6.45) is 0. The summed E-state index contributed by atoms with van der Waals surface area (Å²) in [6, 6.07) is 4.00. The first-order chi connectivity index (χ1) is 7.52. The second-order valence-corrected chi connectivity index (χ2v) is 3.70. The van der Waals surface area contributed by atoms with Crippen LogP contribution in [0.4, 0.5) is 10.1 Å². The monoisotopic (exact) mass is 226 g/mol. The minimum absolute atomic E-state index is 0.0428. The zero-order valence-corrected chi connectivity index (χ0v) is 9.33. The lowest BCUT2D eigenvalue weighted by Gasteiger charge is -2.13. The molecule has 0 saturated heterocycles. The highest BCUT2D eigenvalue weighted by Crippen LogP contribution is 2.19. The highest BCUT2D eigenvalue weighted by molar-refractivity contribution is 5.94. The van der Waals surface area contributed by atoms with Gasteiger partial charge in [0.15, 0.2) is 0 Å². The number of carboxylic acid groups (broad SMARTS) is 1. The van der Waals surface area contributed by atoms with E-state index in [4.69, 9.17) is 5.11 Å². The van der Waals surface area contributed by atoms with Crippen molar-refractivity contribution in [1.82, 2.24) is 4.90 Å². The fraction of sp³-hybridized carbons (Fsp3) is 0.364. The van der Waals surface area contributed by atoms with Crippen LogP contribution in [-0.2, 0) is 0 Å². The number of para-hydroxylation sites is 1. The van der Waals surface area contributed by atoms with Gasteiger partial charge in [0.2, 0.25) is 0 Å². The lowest BCUT2D eigenvalue weighted by molar-refractivity contribution is 0.0697. The number of halogens is 1. The number of hydrogen-bond acceptors (Lipinski definition) is 3. The molecule has 0 heterocycles. The Morgan fingerprint density at radius 3 is 2.75 bits per heavy atom. The van der Waals surface area contributed by atoms with Gasteiger partial charge in [-0.1, -0.05) is 6.07 Å². The van der Waals surface area contributed by atoms with Gasteiger partial charge in [-0.3, -0.25) is 0 Å². The minimum atomic E-state index is -1.13. The lowest BCUT2D eigenvalue weighted by Crippen LogP contribution is -2.22. The van der Waals surface area contributed by atoms with E-state index in [9.17, 15) is 9.18 Å². The molecule has 0 spiro atoms. The van der Waals surface area contributed by atoms with E-state index >= 15 is 0 Å². The van der Waals surface area contributed by atoms with Gasteiger partial charge in [0.05, 0.1) is 11.3 Å². The number of nitrogens with zero attached hydrogens (tertiary/aromatic N) is 1. The SMILES string of the molecule is CN(C)CCNc1c(F)cccc1C(=O)O. The molecule has 0 atom stereocenters. The molecule has 0 radical (unpaired) electrons. The smallest absolute Gasteiger partial charge is 0.337 e. The second kappa shape index (κ2) is 5.46. The standard InChI is InChI=1S/C11H15FN2O2/c1-14(2)7-6-13-10-8(11(15)16)4-3-5-9(10)12/h3-5,13H,6-7H2,1-2H3,(H,15,16). The molecule has 16 heavy (non-hydrogen) atoms. The summed E-state index contributed by atoms with van der Waals surface area (Å²) in [5.74, 6) is -1.68. The maximum absolute atomic E-state index is 13.4. The van der Waals surface area contributed by atoms with E-state index in [0.29, 0.717) is 13.1 Å². The van der Waals surface area contributed by atoms with Crippen molar-refractivity contribution in [3.63, 3.8) is 0 Å². The van der Waals surface area contributed by atoms with Crippen molar-refractivity contribution in [2.75, 3.05) is 32.5 Å². The lowest BCUT2D eigenvalue weighted by atomic mass is 10.1. The number of carbonyl (C=O) groups is 1. The van der Waals surface area contributed by atoms with Gasteiger partial charge in [0.1, 0.15) is 5.82 Å². The van der Waals surface area contributed by atoms with Crippen molar-refractivity contribution in [1.29, 1.82) is 0 Å². The summed E-state index contributed by atoms with van der Waals surface area (Å²) in [4.78, 5) is 12.8. The van der Waals surface area contributed by atoms with E-state index in [1.54, 1.807) is 0 Å². The van der Waals surface area contributed by atoms with E-state index in [1.807, 2.05) is 19.0 Å². The summed E-state index contributed by atoms with van der Waals surface area (Å²) >= 11 is 0. The number of anilines is 1. The van der Waals surface area contributed by atoms with Crippen LogP contribution in [0.25, 0.3) is 0 Å². The number of aromatic carboxylic acids is 1. The maximum atomic E-state index is 13.4. The van der Waals surface area contributed by atoms with Crippen LogP contribution < -0.4 is 5.32 Å². The van der Waals surface area contributed by atoms with Gasteiger partial charge in [0.25, 0.3) is 0 Å². The van der Waals surface area contributed by atoms with Crippen molar-refractivity contribution >= 4 is 11.7 Å². The molecule has 0 aliphatic rings. The Morgan fingerprint density at radius 1 is 1.50 bits per heavy atom.